The monoisotopic (exact) mass is 292 g/mol. The highest BCUT2D eigenvalue weighted by atomic mass is 35.5. The van der Waals surface area contributed by atoms with Gasteiger partial charge >= 0.3 is 0 Å². The van der Waals surface area contributed by atoms with Gasteiger partial charge in [0.2, 0.25) is 5.91 Å². The van der Waals surface area contributed by atoms with Gasteiger partial charge in [-0.3, -0.25) is 4.79 Å². The van der Waals surface area contributed by atoms with Gasteiger partial charge in [0.1, 0.15) is 0 Å². The van der Waals surface area contributed by atoms with Crippen molar-refractivity contribution >= 4 is 29.1 Å². The van der Waals surface area contributed by atoms with Crippen LogP contribution < -0.4 is 10.6 Å². The number of hydrogen-bond donors (Lipinski definition) is 2. The zero-order chi connectivity index (χ0) is 13.5. The Kier molecular flexibility index (Phi) is 7.05. The van der Waals surface area contributed by atoms with Gasteiger partial charge in [-0.2, -0.15) is 0 Å². The molecule has 0 radical (unpaired) electrons. The number of nitrogens with one attached hydrogen (secondary N) is 2. The SMILES string of the molecule is CNCCCC(=O)NCc1cccc2ccccc12.Cl. The van der Waals surface area contributed by atoms with Crippen LogP contribution in [0.1, 0.15) is 18.4 Å². The van der Waals surface area contributed by atoms with Gasteiger partial charge in [-0.1, -0.05) is 42.5 Å². The maximum atomic E-state index is 11.7. The van der Waals surface area contributed by atoms with Gasteiger partial charge in [0.15, 0.2) is 0 Å². The molecule has 0 saturated heterocycles. The summed E-state index contributed by atoms with van der Waals surface area (Å²) in [6.07, 6.45) is 1.45. The number of fused-ring (bicyclic) bond motifs is 1. The highest BCUT2D eigenvalue weighted by Crippen LogP contribution is 2.18. The fourth-order valence-corrected chi connectivity index (χ4v) is 2.15. The molecule has 0 aromatic heterocycles. The Hall–Kier alpha value is -1.58. The second kappa shape index (κ2) is 8.56. The van der Waals surface area contributed by atoms with Gasteiger partial charge in [-0.25, -0.2) is 0 Å². The molecule has 20 heavy (non-hydrogen) atoms. The standard InChI is InChI=1S/C16H20N2O.ClH/c1-17-11-5-10-16(19)18-12-14-8-4-7-13-6-2-3-9-15(13)14;/h2-4,6-9,17H,5,10-12H2,1H3,(H,18,19);1H. The van der Waals surface area contributed by atoms with E-state index in [9.17, 15) is 4.79 Å². The lowest BCUT2D eigenvalue weighted by atomic mass is 10.0. The molecule has 2 N–H and O–H groups in total. The third kappa shape index (κ3) is 4.51. The third-order valence-electron chi connectivity index (χ3n) is 3.19. The van der Waals surface area contributed by atoms with Crippen LogP contribution in [0.5, 0.6) is 0 Å². The van der Waals surface area contributed by atoms with Gasteiger partial charge in [0, 0.05) is 13.0 Å². The third-order valence-corrected chi connectivity index (χ3v) is 3.19. The van der Waals surface area contributed by atoms with Crippen molar-refractivity contribution in [2.75, 3.05) is 13.6 Å². The van der Waals surface area contributed by atoms with E-state index in [1.807, 2.05) is 25.2 Å². The van der Waals surface area contributed by atoms with E-state index >= 15 is 0 Å². The van der Waals surface area contributed by atoms with Gasteiger partial charge in [-0.15, -0.1) is 12.4 Å². The van der Waals surface area contributed by atoms with E-state index in [4.69, 9.17) is 0 Å². The van der Waals surface area contributed by atoms with Crippen LogP contribution >= 0.6 is 12.4 Å². The zero-order valence-electron chi connectivity index (χ0n) is 11.7. The Morgan fingerprint density at radius 3 is 2.65 bits per heavy atom. The first-order valence-electron chi connectivity index (χ1n) is 6.69. The quantitative estimate of drug-likeness (QED) is 0.804. The number of hydrogen-bond acceptors (Lipinski definition) is 2. The van der Waals surface area contributed by atoms with Gasteiger partial charge in [-0.05, 0) is 36.3 Å². The van der Waals surface area contributed by atoms with E-state index < -0.39 is 0 Å². The first-order valence-corrected chi connectivity index (χ1v) is 6.69. The highest BCUT2D eigenvalue weighted by molar-refractivity contribution is 5.86. The van der Waals surface area contributed by atoms with Crippen LogP contribution in [0.25, 0.3) is 10.8 Å². The molecule has 3 nitrogen and oxygen atoms in total. The summed E-state index contributed by atoms with van der Waals surface area (Å²) < 4.78 is 0. The Morgan fingerprint density at radius 2 is 1.85 bits per heavy atom. The molecule has 0 aliphatic carbocycles. The molecule has 0 spiro atoms. The van der Waals surface area contributed by atoms with Crippen LogP contribution in [0.2, 0.25) is 0 Å². The van der Waals surface area contributed by atoms with Crippen molar-refractivity contribution < 1.29 is 4.79 Å². The molecule has 0 unspecified atom stereocenters. The molecular weight excluding hydrogens is 272 g/mol. The Balaban J connectivity index is 0.00000200. The number of carbonyl (C=O) groups is 1. The Bertz CT molecular complexity index is 552. The molecule has 0 bridgehead atoms. The summed E-state index contributed by atoms with van der Waals surface area (Å²) in [4.78, 5) is 11.7. The van der Waals surface area contributed by atoms with E-state index in [0.29, 0.717) is 13.0 Å². The molecule has 1 amide bonds. The second-order valence-corrected chi connectivity index (χ2v) is 4.62. The first kappa shape index (κ1) is 16.5. The van der Waals surface area contributed by atoms with Crippen LogP contribution in [0.4, 0.5) is 0 Å². The van der Waals surface area contributed by atoms with Crippen molar-refractivity contribution in [1.29, 1.82) is 0 Å². The summed E-state index contributed by atoms with van der Waals surface area (Å²) in [5, 5.41) is 8.45. The summed E-state index contributed by atoms with van der Waals surface area (Å²) in [6.45, 7) is 1.47. The van der Waals surface area contributed by atoms with Crippen LogP contribution in [0.15, 0.2) is 42.5 Å². The van der Waals surface area contributed by atoms with Crippen molar-refractivity contribution in [3.63, 3.8) is 0 Å². The summed E-state index contributed by atoms with van der Waals surface area (Å²) in [7, 11) is 1.90. The van der Waals surface area contributed by atoms with Crippen molar-refractivity contribution in [1.82, 2.24) is 10.6 Å². The molecule has 0 fully saturated rings. The minimum atomic E-state index is 0. The molecule has 2 rings (SSSR count). The maximum absolute atomic E-state index is 11.7. The van der Waals surface area contributed by atoms with Crippen LogP contribution in [0.3, 0.4) is 0 Å². The Labute approximate surface area is 126 Å². The Morgan fingerprint density at radius 1 is 1.10 bits per heavy atom. The predicted molar refractivity (Wildman–Crippen MR) is 86.2 cm³/mol. The predicted octanol–water partition coefficient (Wildman–Crippen LogP) is 2.88. The summed E-state index contributed by atoms with van der Waals surface area (Å²) in [6, 6.07) is 14.4. The van der Waals surface area contributed by atoms with Gasteiger partial charge in [0.05, 0.1) is 0 Å². The number of halogens is 1. The number of carbonyl (C=O) groups excluding carboxylic acids is 1. The van der Waals surface area contributed by atoms with E-state index in [0.717, 1.165) is 13.0 Å². The lowest BCUT2D eigenvalue weighted by molar-refractivity contribution is -0.121. The van der Waals surface area contributed by atoms with Gasteiger partial charge < -0.3 is 10.6 Å². The van der Waals surface area contributed by atoms with Crippen molar-refractivity contribution in [2.45, 2.75) is 19.4 Å². The normalized spacial score (nSPS) is 10.1. The summed E-state index contributed by atoms with van der Waals surface area (Å²) >= 11 is 0. The molecule has 0 aliphatic rings. The molecule has 108 valence electrons. The largest absolute Gasteiger partial charge is 0.352 e. The lowest BCUT2D eigenvalue weighted by Gasteiger charge is -2.08. The van der Waals surface area contributed by atoms with E-state index in [1.165, 1.54) is 16.3 Å². The molecule has 0 heterocycles. The number of benzene rings is 2. The maximum Gasteiger partial charge on any atom is 0.220 e. The number of amides is 1. The summed E-state index contributed by atoms with van der Waals surface area (Å²) in [5.74, 6) is 0.114. The smallest absolute Gasteiger partial charge is 0.220 e. The highest BCUT2D eigenvalue weighted by Gasteiger charge is 2.03. The average molecular weight is 293 g/mol. The van der Waals surface area contributed by atoms with E-state index in [1.54, 1.807) is 0 Å². The van der Waals surface area contributed by atoms with Crippen LogP contribution in [-0.4, -0.2) is 19.5 Å². The summed E-state index contributed by atoms with van der Waals surface area (Å²) in [5.41, 5.74) is 1.17. The van der Waals surface area contributed by atoms with Crippen molar-refractivity contribution in [3.05, 3.63) is 48.0 Å². The number of rotatable bonds is 6. The van der Waals surface area contributed by atoms with Crippen molar-refractivity contribution in [3.8, 4) is 0 Å². The molecule has 0 atom stereocenters. The topological polar surface area (TPSA) is 41.1 Å². The molecule has 4 heteroatoms. The van der Waals surface area contributed by atoms with Gasteiger partial charge in [0.25, 0.3) is 0 Å². The lowest BCUT2D eigenvalue weighted by Crippen LogP contribution is -2.23. The minimum absolute atomic E-state index is 0. The minimum Gasteiger partial charge on any atom is -0.352 e. The zero-order valence-corrected chi connectivity index (χ0v) is 12.5. The second-order valence-electron chi connectivity index (χ2n) is 4.62. The van der Waals surface area contributed by atoms with Crippen LogP contribution in [0, 0.1) is 0 Å². The average Bonchev–Trinajstić information content (AvgIpc) is 2.45. The molecule has 2 aromatic rings. The molecular formula is C16H21ClN2O. The van der Waals surface area contributed by atoms with Crippen LogP contribution in [-0.2, 0) is 11.3 Å². The molecule has 0 saturated carbocycles. The van der Waals surface area contributed by atoms with E-state index in [2.05, 4.69) is 34.9 Å². The first-order chi connectivity index (χ1) is 9.31. The van der Waals surface area contributed by atoms with Crippen molar-refractivity contribution in [2.24, 2.45) is 0 Å². The fourth-order valence-electron chi connectivity index (χ4n) is 2.15. The van der Waals surface area contributed by atoms with E-state index in [-0.39, 0.29) is 18.3 Å². The molecule has 2 aromatic carbocycles. The molecule has 0 aliphatic heterocycles. The fraction of sp³-hybridized carbons (Fsp3) is 0.312.